The van der Waals surface area contributed by atoms with Crippen LogP contribution in [-0.2, 0) is 11.0 Å². The van der Waals surface area contributed by atoms with E-state index in [-0.39, 0.29) is 43.3 Å². The molecule has 1 unspecified atom stereocenters. The van der Waals surface area contributed by atoms with Crippen molar-refractivity contribution in [2.24, 2.45) is 11.8 Å². The van der Waals surface area contributed by atoms with Crippen molar-refractivity contribution in [3.8, 4) is 12.1 Å². The molecule has 30 heavy (non-hydrogen) atoms. The normalized spacial score (nSPS) is 30.0. The van der Waals surface area contributed by atoms with E-state index in [2.05, 4.69) is 5.32 Å². The first kappa shape index (κ1) is 20.4. The molecule has 1 aromatic rings. The zero-order valence-electron chi connectivity index (χ0n) is 15.9. The minimum absolute atomic E-state index is 0.0116. The Hall–Kier alpha value is -2.85. The standard InChI is InChI=1S/C20H19F4N5O/c21-12-3-14(6-26)29(8-12)18(30)7-27-19-15-9-28(10-16(15)19)13-2-1-11(5-25)17(4-13)20(22,23)24/h1-2,4,12,14-16,19,27H,3,7-10H2/t12-,14-,15-,16+,19?/m0/s1. The Morgan fingerprint density at radius 3 is 2.50 bits per heavy atom. The number of nitrogens with one attached hydrogen (secondary N) is 1. The highest BCUT2D eigenvalue weighted by molar-refractivity contribution is 5.79. The van der Waals surface area contributed by atoms with Crippen molar-refractivity contribution in [3.05, 3.63) is 29.3 Å². The molecule has 3 fully saturated rings. The Bertz CT molecular complexity index is 925. The summed E-state index contributed by atoms with van der Waals surface area (Å²) >= 11 is 0. The number of anilines is 1. The minimum Gasteiger partial charge on any atom is -0.371 e. The number of rotatable bonds is 4. The number of nitrogens with zero attached hydrogens (tertiary/aromatic N) is 4. The Labute approximate surface area is 170 Å². The first-order valence-corrected chi connectivity index (χ1v) is 9.65. The number of hydrogen-bond donors (Lipinski definition) is 1. The maximum atomic E-state index is 13.5. The van der Waals surface area contributed by atoms with Gasteiger partial charge in [-0.3, -0.25) is 4.79 Å². The molecule has 1 saturated carbocycles. The maximum absolute atomic E-state index is 13.5. The highest BCUT2D eigenvalue weighted by Crippen LogP contribution is 2.47. The molecule has 0 bridgehead atoms. The van der Waals surface area contributed by atoms with Crippen molar-refractivity contribution in [1.29, 1.82) is 10.5 Å². The van der Waals surface area contributed by atoms with Gasteiger partial charge in [-0.05, 0) is 30.0 Å². The maximum Gasteiger partial charge on any atom is 0.417 e. The molecule has 158 valence electrons. The smallest absolute Gasteiger partial charge is 0.371 e. The minimum atomic E-state index is -4.59. The third-order valence-corrected chi connectivity index (χ3v) is 6.20. The summed E-state index contributed by atoms with van der Waals surface area (Å²) in [5.74, 6) is 0.106. The van der Waals surface area contributed by atoms with Gasteiger partial charge in [-0.1, -0.05) is 0 Å². The lowest BCUT2D eigenvalue weighted by atomic mass is 10.1. The van der Waals surface area contributed by atoms with Gasteiger partial charge in [0, 0.05) is 31.2 Å². The molecule has 0 spiro atoms. The van der Waals surface area contributed by atoms with Gasteiger partial charge in [0.1, 0.15) is 12.2 Å². The number of likely N-dealkylation sites (tertiary alicyclic amines) is 1. The molecule has 1 amide bonds. The van der Waals surface area contributed by atoms with Crippen LogP contribution in [0.25, 0.3) is 0 Å². The number of piperidine rings is 1. The van der Waals surface area contributed by atoms with Crippen molar-refractivity contribution in [2.75, 3.05) is 31.1 Å². The van der Waals surface area contributed by atoms with Crippen LogP contribution in [0.5, 0.6) is 0 Å². The average Bonchev–Trinajstić information content (AvgIpc) is 3.04. The molecule has 0 radical (unpaired) electrons. The number of amides is 1. The number of alkyl halides is 4. The second-order valence-corrected chi connectivity index (χ2v) is 8.00. The van der Waals surface area contributed by atoms with Crippen molar-refractivity contribution in [1.82, 2.24) is 10.2 Å². The molecule has 1 N–H and O–H groups in total. The molecule has 2 heterocycles. The number of benzene rings is 1. The summed E-state index contributed by atoms with van der Waals surface area (Å²) in [6.45, 7) is 1.05. The SMILES string of the molecule is N#Cc1ccc(N2C[C@@H]3C(NCC(=O)N4C[C@@H](F)C[C@H]4C#N)[C@@H]3C2)cc1C(F)(F)F. The zero-order chi connectivity index (χ0) is 21.6. The van der Waals surface area contributed by atoms with E-state index in [0.717, 1.165) is 6.07 Å². The predicted molar refractivity (Wildman–Crippen MR) is 97.8 cm³/mol. The van der Waals surface area contributed by atoms with Gasteiger partial charge in [-0.15, -0.1) is 0 Å². The number of carbonyl (C=O) groups excluding carboxylic acids is 1. The number of nitriles is 2. The molecule has 1 aromatic carbocycles. The summed E-state index contributed by atoms with van der Waals surface area (Å²) in [5.41, 5.74) is -0.916. The Kier molecular flexibility index (Phi) is 5.07. The Morgan fingerprint density at radius 2 is 1.90 bits per heavy atom. The average molecular weight is 421 g/mol. The van der Waals surface area contributed by atoms with Crippen LogP contribution >= 0.6 is 0 Å². The molecule has 3 aliphatic rings. The number of fused-ring (bicyclic) bond motifs is 1. The van der Waals surface area contributed by atoms with Gasteiger partial charge in [-0.2, -0.15) is 23.7 Å². The van der Waals surface area contributed by atoms with Crippen molar-refractivity contribution >= 4 is 11.6 Å². The first-order chi connectivity index (χ1) is 14.2. The monoisotopic (exact) mass is 421 g/mol. The molecule has 5 atom stereocenters. The summed E-state index contributed by atoms with van der Waals surface area (Å²) in [5, 5.41) is 21.1. The van der Waals surface area contributed by atoms with Gasteiger partial charge < -0.3 is 15.1 Å². The first-order valence-electron chi connectivity index (χ1n) is 9.65. The van der Waals surface area contributed by atoms with E-state index in [1.807, 2.05) is 11.0 Å². The van der Waals surface area contributed by atoms with Gasteiger partial charge in [-0.25, -0.2) is 4.39 Å². The van der Waals surface area contributed by atoms with Crippen LogP contribution < -0.4 is 10.2 Å². The van der Waals surface area contributed by atoms with Crippen molar-refractivity contribution < 1.29 is 22.4 Å². The van der Waals surface area contributed by atoms with Crippen molar-refractivity contribution in [2.45, 2.75) is 30.9 Å². The molecule has 10 heteroatoms. The van der Waals surface area contributed by atoms with Crippen LogP contribution in [0.4, 0.5) is 23.2 Å². The lowest BCUT2D eigenvalue weighted by molar-refractivity contribution is -0.137. The van der Waals surface area contributed by atoms with Crippen LogP contribution in [-0.4, -0.2) is 55.2 Å². The molecule has 2 saturated heterocycles. The predicted octanol–water partition coefficient (Wildman–Crippen LogP) is 2.06. The summed E-state index contributed by atoms with van der Waals surface area (Å²) in [7, 11) is 0. The fourth-order valence-corrected chi connectivity index (χ4v) is 4.59. The van der Waals surface area contributed by atoms with Gasteiger partial charge in [0.05, 0.1) is 36.4 Å². The molecule has 6 nitrogen and oxygen atoms in total. The molecular formula is C20H19F4N5O. The van der Waals surface area contributed by atoms with Crippen LogP contribution in [0.1, 0.15) is 17.5 Å². The van der Waals surface area contributed by atoms with E-state index in [1.54, 1.807) is 6.07 Å². The van der Waals surface area contributed by atoms with Crippen molar-refractivity contribution in [3.63, 3.8) is 0 Å². The fourth-order valence-electron chi connectivity index (χ4n) is 4.59. The largest absolute Gasteiger partial charge is 0.417 e. The van der Waals surface area contributed by atoms with Crippen LogP contribution in [0.3, 0.4) is 0 Å². The third kappa shape index (κ3) is 3.68. The van der Waals surface area contributed by atoms with Gasteiger partial charge >= 0.3 is 6.18 Å². The van der Waals surface area contributed by atoms with E-state index in [1.165, 1.54) is 17.0 Å². The fraction of sp³-hybridized carbons (Fsp3) is 0.550. The van der Waals surface area contributed by atoms with Gasteiger partial charge in [0.15, 0.2) is 0 Å². The summed E-state index contributed by atoms with van der Waals surface area (Å²) < 4.78 is 53.0. The van der Waals surface area contributed by atoms with Crippen LogP contribution in [0, 0.1) is 34.5 Å². The summed E-state index contributed by atoms with van der Waals surface area (Å²) in [4.78, 5) is 15.4. The summed E-state index contributed by atoms with van der Waals surface area (Å²) in [6.07, 6.45) is -5.73. The van der Waals surface area contributed by atoms with Crippen LogP contribution in [0.2, 0.25) is 0 Å². The molecule has 0 aromatic heterocycles. The Balaban J connectivity index is 1.32. The highest BCUT2D eigenvalue weighted by Gasteiger charge is 2.56. The number of halogens is 4. The second-order valence-electron chi connectivity index (χ2n) is 8.00. The van der Waals surface area contributed by atoms with E-state index >= 15 is 0 Å². The quantitative estimate of drug-likeness (QED) is 0.753. The molecular weight excluding hydrogens is 402 g/mol. The highest BCUT2D eigenvalue weighted by atomic mass is 19.4. The van der Waals surface area contributed by atoms with E-state index in [9.17, 15) is 22.4 Å². The Morgan fingerprint density at radius 1 is 1.20 bits per heavy atom. The number of carbonyl (C=O) groups is 1. The second kappa shape index (κ2) is 7.44. The van der Waals surface area contributed by atoms with Crippen LogP contribution in [0.15, 0.2) is 18.2 Å². The topological polar surface area (TPSA) is 83.2 Å². The molecule has 4 rings (SSSR count). The van der Waals surface area contributed by atoms with Gasteiger partial charge in [0.25, 0.3) is 0 Å². The molecule has 2 aliphatic heterocycles. The lowest BCUT2D eigenvalue weighted by Gasteiger charge is -2.24. The van der Waals surface area contributed by atoms with E-state index in [0.29, 0.717) is 18.8 Å². The summed E-state index contributed by atoms with van der Waals surface area (Å²) in [6, 6.07) is 6.59. The zero-order valence-corrected chi connectivity index (χ0v) is 15.9. The van der Waals surface area contributed by atoms with E-state index < -0.39 is 29.5 Å². The van der Waals surface area contributed by atoms with Gasteiger partial charge in [0.2, 0.25) is 5.91 Å². The van der Waals surface area contributed by atoms with E-state index in [4.69, 9.17) is 10.5 Å². The third-order valence-electron chi connectivity index (χ3n) is 6.20. The lowest BCUT2D eigenvalue weighted by Crippen LogP contribution is -2.42. The molecule has 1 aliphatic carbocycles. The number of hydrogen-bond acceptors (Lipinski definition) is 5.